The van der Waals surface area contributed by atoms with Gasteiger partial charge in [0.25, 0.3) is 10.0 Å². The predicted octanol–water partition coefficient (Wildman–Crippen LogP) is 4.71. The predicted molar refractivity (Wildman–Crippen MR) is 154 cm³/mol. The monoisotopic (exact) mass is 571 g/mol. The Balaban J connectivity index is 2.06. The molecule has 39 heavy (non-hydrogen) atoms. The maximum absolute atomic E-state index is 13.9. The van der Waals surface area contributed by atoms with Crippen LogP contribution in [0.4, 0.5) is 5.69 Å². The molecule has 208 valence electrons. The number of ether oxygens (including phenoxy) is 1. The highest BCUT2D eigenvalue weighted by molar-refractivity contribution is 7.92. The summed E-state index contributed by atoms with van der Waals surface area (Å²) in [6.07, 6.45) is 0. The Labute approximate surface area is 235 Å². The first kappa shape index (κ1) is 30.0. The maximum Gasteiger partial charge on any atom is 0.264 e. The number of anilines is 1. The smallest absolute Gasteiger partial charge is 0.264 e. The van der Waals surface area contributed by atoms with Crippen LogP contribution >= 0.6 is 11.6 Å². The van der Waals surface area contributed by atoms with Gasteiger partial charge in [-0.15, -0.1) is 0 Å². The van der Waals surface area contributed by atoms with Crippen molar-refractivity contribution in [1.29, 1.82) is 0 Å². The zero-order valence-electron chi connectivity index (χ0n) is 22.8. The summed E-state index contributed by atoms with van der Waals surface area (Å²) < 4.78 is 34.1. The van der Waals surface area contributed by atoms with Crippen molar-refractivity contribution in [2.45, 2.75) is 45.2 Å². The van der Waals surface area contributed by atoms with Crippen molar-refractivity contribution in [1.82, 2.24) is 10.2 Å². The summed E-state index contributed by atoms with van der Waals surface area (Å²) in [5.41, 5.74) is 2.57. The maximum atomic E-state index is 13.9. The molecule has 0 unspecified atom stereocenters. The molecule has 1 atom stereocenters. The van der Waals surface area contributed by atoms with E-state index in [1.54, 1.807) is 76.4 Å². The molecular weight excluding hydrogens is 538 g/mol. The van der Waals surface area contributed by atoms with Crippen molar-refractivity contribution in [3.8, 4) is 5.75 Å². The number of hydrogen-bond acceptors (Lipinski definition) is 5. The van der Waals surface area contributed by atoms with Gasteiger partial charge in [0, 0.05) is 18.1 Å². The third-order valence-corrected chi connectivity index (χ3v) is 8.37. The van der Waals surface area contributed by atoms with E-state index in [9.17, 15) is 18.0 Å². The molecule has 0 spiro atoms. The number of carbonyl (C=O) groups excluding carboxylic acids is 2. The third-order valence-electron chi connectivity index (χ3n) is 6.36. The van der Waals surface area contributed by atoms with E-state index in [2.05, 4.69) is 5.32 Å². The lowest BCUT2D eigenvalue weighted by Crippen LogP contribution is -2.51. The largest absolute Gasteiger partial charge is 0.497 e. The Hall–Kier alpha value is -3.56. The molecule has 0 saturated carbocycles. The second-order valence-corrected chi connectivity index (χ2v) is 11.5. The fraction of sp³-hybridized carbons (Fsp3) is 0.310. The van der Waals surface area contributed by atoms with Gasteiger partial charge in [-0.2, -0.15) is 0 Å². The second kappa shape index (κ2) is 13.0. The molecule has 0 heterocycles. The topological polar surface area (TPSA) is 96.0 Å². The van der Waals surface area contributed by atoms with Gasteiger partial charge < -0.3 is 15.0 Å². The molecule has 8 nitrogen and oxygen atoms in total. The summed E-state index contributed by atoms with van der Waals surface area (Å²) in [6.45, 7) is 6.97. The zero-order valence-corrected chi connectivity index (χ0v) is 24.3. The third kappa shape index (κ3) is 7.30. The van der Waals surface area contributed by atoms with Crippen LogP contribution < -0.4 is 14.4 Å². The molecule has 0 aliphatic heterocycles. The van der Waals surface area contributed by atoms with Crippen molar-refractivity contribution in [2.75, 3.05) is 24.5 Å². The number of rotatable bonds is 11. The zero-order chi connectivity index (χ0) is 28.7. The first-order valence-corrected chi connectivity index (χ1v) is 14.4. The Bertz CT molecular complexity index is 1410. The van der Waals surface area contributed by atoms with Gasteiger partial charge in [0.1, 0.15) is 18.3 Å². The van der Waals surface area contributed by atoms with Crippen LogP contribution in [0.15, 0.2) is 71.6 Å². The number of sulfonamides is 1. The van der Waals surface area contributed by atoms with Gasteiger partial charge in [-0.3, -0.25) is 13.9 Å². The second-order valence-electron chi connectivity index (χ2n) is 9.20. The van der Waals surface area contributed by atoms with Crippen molar-refractivity contribution in [3.05, 3.63) is 88.4 Å². The van der Waals surface area contributed by atoms with Crippen LogP contribution in [0.25, 0.3) is 0 Å². The average molecular weight is 572 g/mol. The van der Waals surface area contributed by atoms with E-state index in [0.29, 0.717) is 22.9 Å². The molecule has 0 aliphatic carbocycles. The fourth-order valence-electron chi connectivity index (χ4n) is 4.03. The van der Waals surface area contributed by atoms with Crippen molar-refractivity contribution >= 4 is 39.1 Å². The Morgan fingerprint density at radius 3 is 2.23 bits per heavy atom. The molecule has 0 saturated heterocycles. The molecule has 1 N–H and O–H groups in total. The summed E-state index contributed by atoms with van der Waals surface area (Å²) >= 11 is 6.26. The van der Waals surface area contributed by atoms with Crippen molar-refractivity contribution in [3.63, 3.8) is 0 Å². The first-order valence-electron chi connectivity index (χ1n) is 12.5. The fourth-order valence-corrected chi connectivity index (χ4v) is 5.67. The van der Waals surface area contributed by atoms with Crippen LogP contribution in [0, 0.1) is 13.8 Å². The Kier molecular flexibility index (Phi) is 9.99. The van der Waals surface area contributed by atoms with Crippen LogP contribution in [0.1, 0.15) is 30.5 Å². The minimum Gasteiger partial charge on any atom is -0.497 e. The molecule has 10 heteroatoms. The number of aryl methyl sites for hydroxylation is 2. The van der Waals surface area contributed by atoms with Gasteiger partial charge in [-0.1, -0.05) is 47.5 Å². The highest BCUT2D eigenvalue weighted by Crippen LogP contribution is 2.30. The molecule has 0 radical (unpaired) electrons. The van der Waals surface area contributed by atoms with Crippen LogP contribution in [-0.4, -0.2) is 51.4 Å². The molecule has 0 fully saturated rings. The van der Waals surface area contributed by atoms with E-state index in [4.69, 9.17) is 16.3 Å². The summed E-state index contributed by atoms with van der Waals surface area (Å²) in [5, 5.41) is 3.08. The number of methoxy groups -OCH3 is 1. The lowest BCUT2D eigenvalue weighted by Gasteiger charge is -2.32. The normalized spacial score (nSPS) is 11.9. The van der Waals surface area contributed by atoms with E-state index in [1.807, 2.05) is 6.92 Å². The number of benzene rings is 3. The number of halogens is 1. The number of carbonyl (C=O) groups is 2. The van der Waals surface area contributed by atoms with E-state index in [-0.39, 0.29) is 23.0 Å². The minimum atomic E-state index is -4.17. The molecular formula is C29H34ClN3O5S. The molecule has 0 aliphatic rings. The average Bonchev–Trinajstić information content (AvgIpc) is 2.92. The van der Waals surface area contributed by atoms with Gasteiger partial charge in [-0.25, -0.2) is 8.42 Å². The van der Waals surface area contributed by atoms with Crippen LogP contribution in [-0.2, 0) is 26.2 Å². The number of nitrogens with one attached hydrogen (secondary N) is 1. The lowest BCUT2D eigenvalue weighted by molar-refractivity contribution is -0.139. The molecule has 2 amide bonds. The molecule has 3 aromatic carbocycles. The van der Waals surface area contributed by atoms with Crippen LogP contribution in [0.5, 0.6) is 5.75 Å². The standard InChI is InChI=1S/C29H34ClN3O5S/c1-6-31-29(35)22(4)32(18-23-10-13-25(38-5)14-11-23)28(34)19-33(27-17-24(30)12-9-21(27)3)39(36,37)26-15-7-20(2)8-16-26/h7-17,22H,6,18-19H2,1-5H3,(H,31,35)/t22-/m1/s1. The molecule has 0 aromatic heterocycles. The number of likely N-dealkylation sites (N-methyl/N-ethyl adjacent to an activating group) is 1. The highest BCUT2D eigenvalue weighted by Gasteiger charge is 2.33. The summed E-state index contributed by atoms with van der Waals surface area (Å²) in [5.74, 6) is -0.230. The first-order chi connectivity index (χ1) is 18.5. The van der Waals surface area contributed by atoms with Gasteiger partial charge in [0.15, 0.2) is 0 Å². The number of amides is 2. The van der Waals surface area contributed by atoms with Gasteiger partial charge in [0.05, 0.1) is 17.7 Å². The van der Waals surface area contributed by atoms with Crippen molar-refractivity contribution < 1.29 is 22.7 Å². The van der Waals surface area contributed by atoms with E-state index in [0.717, 1.165) is 15.4 Å². The molecule has 3 aromatic rings. The van der Waals surface area contributed by atoms with Crippen LogP contribution in [0.3, 0.4) is 0 Å². The van der Waals surface area contributed by atoms with Gasteiger partial charge in [0.2, 0.25) is 11.8 Å². The Morgan fingerprint density at radius 2 is 1.64 bits per heavy atom. The molecule has 3 rings (SSSR count). The molecule has 0 bridgehead atoms. The quantitative estimate of drug-likeness (QED) is 0.359. The number of hydrogen-bond donors (Lipinski definition) is 1. The van der Waals surface area contributed by atoms with Gasteiger partial charge in [-0.05, 0) is 75.2 Å². The van der Waals surface area contributed by atoms with Crippen molar-refractivity contribution in [2.24, 2.45) is 0 Å². The lowest BCUT2D eigenvalue weighted by atomic mass is 10.1. The van der Waals surface area contributed by atoms with Crippen LogP contribution in [0.2, 0.25) is 5.02 Å². The van der Waals surface area contributed by atoms with E-state index in [1.165, 1.54) is 23.1 Å². The Morgan fingerprint density at radius 1 is 1.00 bits per heavy atom. The summed E-state index contributed by atoms with van der Waals surface area (Å²) in [6, 6.07) is 17.6. The minimum absolute atomic E-state index is 0.0405. The van der Waals surface area contributed by atoms with Gasteiger partial charge >= 0.3 is 0 Å². The number of nitrogens with zero attached hydrogens (tertiary/aromatic N) is 2. The highest BCUT2D eigenvalue weighted by atomic mass is 35.5. The summed E-state index contributed by atoms with van der Waals surface area (Å²) in [4.78, 5) is 28.1. The summed E-state index contributed by atoms with van der Waals surface area (Å²) in [7, 11) is -2.61. The van der Waals surface area contributed by atoms with E-state index < -0.39 is 28.5 Å². The SMILES string of the molecule is CCNC(=O)[C@@H](C)N(Cc1ccc(OC)cc1)C(=O)CN(c1cc(Cl)ccc1C)S(=O)(=O)c1ccc(C)cc1. The van der Waals surface area contributed by atoms with E-state index >= 15 is 0 Å².